The predicted octanol–water partition coefficient (Wildman–Crippen LogP) is 4.97. The van der Waals surface area contributed by atoms with E-state index in [9.17, 15) is 25.0 Å². The molecule has 0 saturated heterocycles. The topological polar surface area (TPSA) is 107 Å². The van der Waals surface area contributed by atoms with E-state index >= 15 is 0 Å². The Morgan fingerprint density at radius 1 is 0.774 bits per heavy atom. The lowest BCUT2D eigenvalue weighted by Crippen LogP contribution is -2.25. The van der Waals surface area contributed by atoms with Crippen LogP contribution >= 0.6 is 0 Å². The van der Waals surface area contributed by atoms with Crippen molar-refractivity contribution in [1.29, 1.82) is 0 Å². The smallest absolute Gasteiger partial charge is 0.271 e. The lowest BCUT2D eigenvalue weighted by atomic mass is 10.1. The van der Waals surface area contributed by atoms with Crippen LogP contribution in [0.5, 0.6) is 0 Å². The van der Waals surface area contributed by atoms with E-state index in [2.05, 4.69) is 0 Å². The molecule has 1 amide bonds. The summed E-state index contributed by atoms with van der Waals surface area (Å²) < 4.78 is 0. The van der Waals surface area contributed by atoms with Crippen molar-refractivity contribution in [3.63, 3.8) is 0 Å². The first kappa shape index (κ1) is 19.7. The van der Waals surface area contributed by atoms with Crippen molar-refractivity contribution in [2.24, 2.45) is 0 Å². The molecular formula is C23H15N3O5. The van der Waals surface area contributed by atoms with Gasteiger partial charge in [0, 0.05) is 29.8 Å². The Morgan fingerprint density at radius 2 is 1.45 bits per heavy atom. The van der Waals surface area contributed by atoms with Gasteiger partial charge >= 0.3 is 0 Å². The molecule has 8 nitrogen and oxygen atoms in total. The standard InChI is InChI=1S/C23H15N3O5/c27-23-18(13-16-9-11-19(12-10-16)25(28)29)14-22(17-5-2-1-3-6-17)24(23)20-7-4-8-21(15-20)26(30)31/h1-15H. The van der Waals surface area contributed by atoms with Crippen LogP contribution in [-0.2, 0) is 4.79 Å². The molecule has 0 aliphatic carbocycles. The predicted molar refractivity (Wildman–Crippen MR) is 116 cm³/mol. The minimum atomic E-state index is -0.510. The van der Waals surface area contributed by atoms with Gasteiger partial charge in [0.25, 0.3) is 17.3 Å². The van der Waals surface area contributed by atoms with Gasteiger partial charge < -0.3 is 0 Å². The number of benzene rings is 3. The minimum absolute atomic E-state index is 0.0429. The van der Waals surface area contributed by atoms with E-state index in [1.807, 2.05) is 30.3 Å². The van der Waals surface area contributed by atoms with E-state index in [1.165, 1.54) is 35.2 Å². The number of carbonyl (C=O) groups excluding carboxylic acids is 1. The second kappa shape index (κ2) is 8.03. The van der Waals surface area contributed by atoms with E-state index < -0.39 is 9.85 Å². The lowest BCUT2D eigenvalue weighted by molar-refractivity contribution is -0.385. The molecule has 0 aromatic heterocycles. The van der Waals surface area contributed by atoms with Gasteiger partial charge in [0.2, 0.25) is 0 Å². The first-order valence-electron chi connectivity index (χ1n) is 9.26. The minimum Gasteiger partial charge on any atom is -0.276 e. The molecule has 0 atom stereocenters. The molecule has 152 valence electrons. The van der Waals surface area contributed by atoms with Crippen LogP contribution in [0.1, 0.15) is 11.1 Å². The van der Waals surface area contributed by atoms with Gasteiger partial charge in [0.1, 0.15) is 0 Å². The van der Waals surface area contributed by atoms with Gasteiger partial charge in [0.05, 0.1) is 21.2 Å². The normalized spacial score (nSPS) is 14.6. The van der Waals surface area contributed by atoms with E-state index in [-0.39, 0.29) is 17.3 Å². The summed E-state index contributed by atoms with van der Waals surface area (Å²) in [6, 6.07) is 21.0. The van der Waals surface area contributed by atoms with Crippen molar-refractivity contribution in [1.82, 2.24) is 0 Å². The SMILES string of the molecule is O=C1C(=Cc2ccc([N+](=O)[O-])cc2)C=C(c2ccccc2)N1c1cccc([N+](=O)[O-])c1. The molecule has 1 heterocycles. The lowest BCUT2D eigenvalue weighted by Gasteiger charge is -2.20. The van der Waals surface area contributed by atoms with Gasteiger partial charge in [-0.15, -0.1) is 0 Å². The van der Waals surface area contributed by atoms with E-state index in [0.717, 1.165) is 5.56 Å². The Kier molecular flexibility index (Phi) is 5.11. The van der Waals surface area contributed by atoms with Crippen molar-refractivity contribution in [2.75, 3.05) is 4.90 Å². The molecule has 1 aliphatic heterocycles. The second-order valence-electron chi connectivity index (χ2n) is 6.76. The Balaban J connectivity index is 1.79. The van der Waals surface area contributed by atoms with Crippen LogP contribution in [-0.4, -0.2) is 15.8 Å². The number of hydrogen-bond donors (Lipinski definition) is 0. The number of nitrogens with zero attached hydrogens (tertiary/aromatic N) is 3. The van der Waals surface area contributed by atoms with Crippen LogP contribution in [0.3, 0.4) is 0 Å². The molecule has 8 heteroatoms. The summed E-state index contributed by atoms with van der Waals surface area (Å²) in [6.07, 6.45) is 3.34. The molecule has 3 aromatic carbocycles. The van der Waals surface area contributed by atoms with Crippen molar-refractivity contribution in [2.45, 2.75) is 0 Å². The molecule has 0 radical (unpaired) electrons. The van der Waals surface area contributed by atoms with Crippen LogP contribution < -0.4 is 4.90 Å². The van der Waals surface area contributed by atoms with Crippen LogP contribution in [0, 0.1) is 20.2 Å². The summed E-state index contributed by atoms with van der Waals surface area (Å²) in [5.74, 6) is -0.349. The van der Waals surface area contributed by atoms with Crippen LogP contribution in [0.15, 0.2) is 90.5 Å². The van der Waals surface area contributed by atoms with Crippen molar-refractivity contribution in [3.05, 3.63) is 122 Å². The first-order chi connectivity index (χ1) is 14.9. The van der Waals surface area contributed by atoms with Crippen molar-refractivity contribution in [3.8, 4) is 0 Å². The summed E-state index contributed by atoms with van der Waals surface area (Å²) in [6.45, 7) is 0. The van der Waals surface area contributed by atoms with Crippen molar-refractivity contribution < 1.29 is 14.6 Å². The molecule has 0 N–H and O–H groups in total. The maximum Gasteiger partial charge on any atom is 0.271 e. The average Bonchev–Trinajstić information content (AvgIpc) is 3.10. The maximum absolute atomic E-state index is 13.3. The molecule has 0 saturated carbocycles. The number of nitro benzene ring substituents is 2. The van der Waals surface area contributed by atoms with Gasteiger partial charge in [-0.1, -0.05) is 36.4 Å². The second-order valence-corrected chi connectivity index (χ2v) is 6.76. The number of carbonyl (C=O) groups is 1. The third-order valence-corrected chi connectivity index (χ3v) is 4.78. The molecule has 1 aliphatic rings. The van der Waals surface area contributed by atoms with Gasteiger partial charge in [0.15, 0.2) is 0 Å². The molecule has 0 fully saturated rings. The summed E-state index contributed by atoms with van der Waals surface area (Å²) in [7, 11) is 0. The maximum atomic E-state index is 13.3. The van der Waals surface area contributed by atoms with E-state index in [1.54, 1.807) is 30.4 Å². The summed E-state index contributed by atoms with van der Waals surface area (Å²) in [5, 5.41) is 22.1. The summed E-state index contributed by atoms with van der Waals surface area (Å²) in [5.41, 5.74) is 2.55. The van der Waals surface area contributed by atoms with E-state index in [4.69, 9.17) is 0 Å². The Labute approximate surface area is 176 Å². The monoisotopic (exact) mass is 413 g/mol. The number of rotatable bonds is 5. The highest BCUT2D eigenvalue weighted by Crippen LogP contribution is 2.36. The average molecular weight is 413 g/mol. The summed E-state index contributed by atoms with van der Waals surface area (Å²) in [4.78, 5) is 35.8. The van der Waals surface area contributed by atoms with Gasteiger partial charge in [-0.05, 0) is 41.5 Å². The number of non-ortho nitro benzene ring substituents is 2. The number of nitro groups is 2. The number of anilines is 1. The zero-order valence-corrected chi connectivity index (χ0v) is 16.0. The van der Waals surface area contributed by atoms with Gasteiger partial charge in [-0.3, -0.25) is 29.9 Å². The number of hydrogen-bond acceptors (Lipinski definition) is 5. The zero-order valence-electron chi connectivity index (χ0n) is 16.0. The molecule has 31 heavy (non-hydrogen) atoms. The van der Waals surface area contributed by atoms with Gasteiger partial charge in [-0.2, -0.15) is 0 Å². The van der Waals surface area contributed by atoms with Crippen LogP contribution in [0.4, 0.5) is 17.1 Å². The zero-order chi connectivity index (χ0) is 22.0. The Hall–Kier alpha value is -4.59. The highest BCUT2D eigenvalue weighted by molar-refractivity contribution is 6.23. The van der Waals surface area contributed by atoms with Crippen LogP contribution in [0.2, 0.25) is 0 Å². The highest BCUT2D eigenvalue weighted by atomic mass is 16.6. The van der Waals surface area contributed by atoms with Crippen LogP contribution in [0.25, 0.3) is 11.8 Å². The fourth-order valence-electron chi connectivity index (χ4n) is 3.31. The molecule has 0 spiro atoms. The highest BCUT2D eigenvalue weighted by Gasteiger charge is 2.31. The fourth-order valence-corrected chi connectivity index (χ4v) is 3.31. The Morgan fingerprint density at radius 3 is 2.10 bits per heavy atom. The molecule has 0 unspecified atom stereocenters. The molecule has 0 bridgehead atoms. The number of amides is 1. The third-order valence-electron chi connectivity index (χ3n) is 4.78. The summed E-state index contributed by atoms with van der Waals surface area (Å²) >= 11 is 0. The molecule has 3 aromatic rings. The third kappa shape index (κ3) is 3.95. The van der Waals surface area contributed by atoms with E-state index in [0.29, 0.717) is 22.5 Å². The molecule has 4 rings (SSSR count). The largest absolute Gasteiger partial charge is 0.276 e. The first-order valence-corrected chi connectivity index (χ1v) is 9.26. The van der Waals surface area contributed by atoms with Crippen molar-refractivity contribution >= 4 is 34.7 Å². The fraction of sp³-hybridized carbons (Fsp3) is 0. The Bertz CT molecular complexity index is 1250. The molecular weight excluding hydrogens is 398 g/mol. The van der Waals surface area contributed by atoms with Gasteiger partial charge in [-0.25, -0.2) is 0 Å². The quantitative estimate of drug-likeness (QED) is 0.333.